The molecule has 0 radical (unpaired) electrons. The van der Waals surface area contributed by atoms with Crippen LogP contribution < -0.4 is 0 Å². The van der Waals surface area contributed by atoms with E-state index in [0.29, 0.717) is 5.56 Å². The summed E-state index contributed by atoms with van der Waals surface area (Å²) in [5.74, 6) is -3.72. The van der Waals surface area contributed by atoms with Crippen LogP contribution in [0.15, 0.2) is 10.5 Å². The van der Waals surface area contributed by atoms with Crippen LogP contribution in [0.1, 0.15) is 42.7 Å². The molecule has 1 unspecified atom stereocenters. The lowest BCUT2D eigenvalue weighted by atomic mass is 9.96. The molecule has 1 aliphatic rings. The summed E-state index contributed by atoms with van der Waals surface area (Å²) < 4.78 is 51.9. The van der Waals surface area contributed by atoms with Crippen LogP contribution in [0, 0.1) is 5.82 Å². The number of hydrogen-bond donors (Lipinski definition) is 1. The quantitative estimate of drug-likeness (QED) is 0.771. The van der Waals surface area contributed by atoms with Crippen LogP contribution in [0.2, 0.25) is 0 Å². The Kier molecular flexibility index (Phi) is 3.34. The van der Waals surface area contributed by atoms with E-state index in [1.165, 1.54) is 6.07 Å². The van der Waals surface area contributed by atoms with Crippen molar-refractivity contribution in [3.05, 3.63) is 27.5 Å². The molecule has 18 heavy (non-hydrogen) atoms. The second-order valence-electron chi connectivity index (χ2n) is 4.56. The molecule has 2 rings (SSSR count). The highest BCUT2D eigenvalue weighted by atomic mass is 79.9. The fourth-order valence-electron chi connectivity index (χ4n) is 1.91. The third kappa shape index (κ3) is 2.35. The number of halogens is 5. The fraction of sp³-hybridized carbons (Fsp3) is 0.500. The Morgan fingerprint density at radius 3 is 2.39 bits per heavy atom. The minimum Gasteiger partial charge on any atom is -0.505 e. The lowest BCUT2D eigenvalue weighted by molar-refractivity contribution is -0.147. The van der Waals surface area contributed by atoms with Gasteiger partial charge >= 0.3 is 6.18 Å². The zero-order chi connectivity index (χ0) is 13.7. The molecule has 0 saturated heterocycles. The SMILES string of the molecule is CC(c1c(Br)cc(C2CC2)c(O)c1F)C(F)(F)F. The molecular weight excluding hydrogens is 316 g/mol. The Morgan fingerprint density at radius 1 is 1.39 bits per heavy atom. The van der Waals surface area contributed by atoms with Gasteiger partial charge in [-0.3, -0.25) is 0 Å². The monoisotopic (exact) mass is 326 g/mol. The maximum atomic E-state index is 13.9. The zero-order valence-corrected chi connectivity index (χ0v) is 11.1. The normalized spacial score (nSPS) is 17.9. The largest absolute Gasteiger partial charge is 0.505 e. The summed E-state index contributed by atoms with van der Waals surface area (Å²) in [6, 6.07) is 1.40. The van der Waals surface area contributed by atoms with Crippen LogP contribution >= 0.6 is 15.9 Å². The van der Waals surface area contributed by atoms with E-state index < -0.39 is 29.2 Å². The van der Waals surface area contributed by atoms with E-state index in [-0.39, 0.29) is 10.4 Å². The van der Waals surface area contributed by atoms with Crippen molar-refractivity contribution in [3.8, 4) is 5.75 Å². The van der Waals surface area contributed by atoms with E-state index in [1.54, 1.807) is 0 Å². The van der Waals surface area contributed by atoms with Crippen LogP contribution in [0.4, 0.5) is 17.6 Å². The molecule has 1 aliphatic carbocycles. The van der Waals surface area contributed by atoms with Crippen LogP contribution in [0.3, 0.4) is 0 Å². The predicted molar refractivity (Wildman–Crippen MR) is 62.2 cm³/mol. The molecule has 1 aromatic carbocycles. The highest BCUT2D eigenvalue weighted by Gasteiger charge is 2.41. The summed E-state index contributed by atoms with van der Waals surface area (Å²) >= 11 is 2.97. The van der Waals surface area contributed by atoms with Gasteiger partial charge in [0.25, 0.3) is 0 Å². The van der Waals surface area contributed by atoms with E-state index in [0.717, 1.165) is 19.8 Å². The molecule has 6 heteroatoms. The van der Waals surface area contributed by atoms with Crippen molar-refractivity contribution in [1.29, 1.82) is 0 Å². The van der Waals surface area contributed by atoms with Crippen molar-refractivity contribution in [2.75, 3.05) is 0 Å². The topological polar surface area (TPSA) is 20.2 Å². The van der Waals surface area contributed by atoms with Gasteiger partial charge in [-0.05, 0) is 31.7 Å². The number of benzene rings is 1. The number of phenols is 1. The Labute approximate surface area is 110 Å². The highest BCUT2D eigenvalue weighted by Crippen LogP contribution is 2.49. The van der Waals surface area contributed by atoms with Crippen molar-refractivity contribution in [2.24, 2.45) is 0 Å². The first-order valence-corrected chi connectivity index (χ1v) is 6.30. The predicted octanol–water partition coefficient (Wildman–Crippen LogP) is 4.84. The lowest BCUT2D eigenvalue weighted by Crippen LogP contribution is -2.19. The number of phenolic OH excluding ortho intramolecular Hbond substituents is 1. The molecule has 1 fully saturated rings. The van der Waals surface area contributed by atoms with Gasteiger partial charge in [0.05, 0.1) is 5.92 Å². The van der Waals surface area contributed by atoms with Gasteiger partial charge in [0.1, 0.15) is 0 Å². The average Bonchev–Trinajstić information content (AvgIpc) is 3.05. The molecule has 1 atom stereocenters. The molecule has 1 aromatic rings. The van der Waals surface area contributed by atoms with E-state index in [2.05, 4.69) is 15.9 Å². The smallest absolute Gasteiger partial charge is 0.395 e. The third-order valence-corrected chi connectivity index (χ3v) is 3.85. The Balaban J connectivity index is 2.52. The lowest BCUT2D eigenvalue weighted by Gasteiger charge is -2.20. The number of rotatable bonds is 2. The summed E-state index contributed by atoms with van der Waals surface area (Å²) in [4.78, 5) is 0. The number of aromatic hydroxyl groups is 1. The molecular formula is C12H11BrF4O. The standard InChI is InChI=1S/C12H11BrF4O/c1-5(12(15,16)17)9-8(13)4-7(6-2-3-6)11(18)10(9)14/h4-6,18H,2-3H2,1H3. The minimum absolute atomic E-state index is 0.0597. The van der Waals surface area contributed by atoms with Gasteiger partial charge in [-0.15, -0.1) is 0 Å². The summed E-state index contributed by atoms with van der Waals surface area (Å²) in [6.07, 6.45) is -2.89. The maximum Gasteiger partial charge on any atom is 0.395 e. The first-order chi connectivity index (χ1) is 8.23. The van der Waals surface area contributed by atoms with Crippen molar-refractivity contribution >= 4 is 15.9 Å². The summed E-state index contributed by atoms with van der Waals surface area (Å²) in [5.41, 5.74) is -0.151. The fourth-order valence-corrected chi connectivity index (χ4v) is 2.67. The van der Waals surface area contributed by atoms with Gasteiger partial charge in [-0.1, -0.05) is 15.9 Å². The highest BCUT2D eigenvalue weighted by molar-refractivity contribution is 9.10. The van der Waals surface area contributed by atoms with E-state index in [9.17, 15) is 22.7 Å². The number of hydrogen-bond acceptors (Lipinski definition) is 1. The van der Waals surface area contributed by atoms with Crippen molar-refractivity contribution in [1.82, 2.24) is 0 Å². The third-order valence-electron chi connectivity index (χ3n) is 3.20. The van der Waals surface area contributed by atoms with Gasteiger partial charge in [0.2, 0.25) is 0 Å². The Bertz CT molecular complexity index is 480. The maximum absolute atomic E-state index is 13.9. The molecule has 0 aromatic heterocycles. The molecule has 0 aliphatic heterocycles. The Morgan fingerprint density at radius 2 is 1.94 bits per heavy atom. The Hall–Kier alpha value is -0.780. The van der Waals surface area contributed by atoms with Crippen LogP contribution in [0.25, 0.3) is 0 Å². The van der Waals surface area contributed by atoms with Gasteiger partial charge in [-0.2, -0.15) is 13.2 Å². The molecule has 0 spiro atoms. The minimum atomic E-state index is -4.54. The molecule has 1 saturated carbocycles. The van der Waals surface area contributed by atoms with Crippen LogP contribution in [-0.4, -0.2) is 11.3 Å². The summed E-state index contributed by atoms with van der Waals surface area (Å²) in [5, 5.41) is 9.66. The van der Waals surface area contributed by atoms with Gasteiger partial charge in [-0.25, -0.2) is 4.39 Å². The molecule has 1 N–H and O–H groups in total. The van der Waals surface area contributed by atoms with E-state index in [1.807, 2.05) is 0 Å². The zero-order valence-electron chi connectivity index (χ0n) is 9.48. The molecule has 0 bridgehead atoms. The van der Waals surface area contributed by atoms with E-state index >= 15 is 0 Å². The molecule has 100 valence electrons. The van der Waals surface area contributed by atoms with Crippen molar-refractivity contribution in [3.63, 3.8) is 0 Å². The first-order valence-electron chi connectivity index (χ1n) is 5.51. The van der Waals surface area contributed by atoms with Crippen LogP contribution in [0.5, 0.6) is 5.75 Å². The van der Waals surface area contributed by atoms with Gasteiger partial charge < -0.3 is 5.11 Å². The number of alkyl halides is 3. The second kappa shape index (κ2) is 4.40. The second-order valence-corrected chi connectivity index (χ2v) is 5.42. The van der Waals surface area contributed by atoms with Gasteiger partial charge in [0.15, 0.2) is 11.6 Å². The van der Waals surface area contributed by atoms with Crippen LogP contribution in [-0.2, 0) is 0 Å². The average molecular weight is 327 g/mol. The van der Waals surface area contributed by atoms with Crippen molar-refractivity contribution < 1.29 is 22.7 Å². The summed E-state index contributed by atoms with van der Waals surface area (Å²) in [7, 11) is 0. The molecule has 0 amide bonds. The molecule has 0 heterocycles. The first kappa shape index (κ1) is 13.6. The van der Waals surface area contributed by atoms with E-state index in [4.69, 9.17) is 0 Å². The van der Waals surface area contributed by atoms with Gasteiger partial charge in [0, 0.05) is 15.6 Å². The summed E-state index contributed by atoms with van der Waals surface area (Å²) in [6.45, 7) is 0.874. The molecule has 1 nitrogen and oxygen atoms in total. The van der Waals surface area contributed by atoms with Crippen molar-refractivity contribution in [2.45, 2.75) is 37.8 Å².